The Kier molecular flexibility index (Phi) is 60.8. The fraction of sp³-hybridized carbons (Fsp3) is 0.676. The first-order valence-corrected chi connectivity index (χ1v) is 32.0. The number of carbonyl (C=O) groups is 3. The first kappa shape index (κ1) is 72.8. The number of hydrogen-bond donors (Lipinski definition) is 0. The average molecular weight is 1070 g/mol. The smallest absolute Gasteiger partial charge is 0.306 e. The maximum absolute atomic E-state index is 12.8. The van der Waals surface area contributed by atoms with Crippen LogP contribution in [0.4, 0.5) is 0 Å². The Morgan fingerprint density at radius 2 is 0.506 bits per heavy atom. The summed E-state index contributed by atoms with van der Waals surface area (Å²) in [6.07, 6.45) is 89.3. The number of rotatable bonds is 57. The van der Waals surface area contributed by atoms with Crippen LogP contribution in [-0.2, 0) is 28.6 Å². The van der Waals surface area contributed by atoms with Gasteiger partial charge < -0.3 is 14.2 Å². The second kappa shape index (κ2) is 64.3. The standard InChI is InChI=1S/C71H118O6/c1-4-7-10-13-16-19-22-24-25-26-27-28-29-30-31-32-33-34-35-36-37-38-39-40-41-42-43-44-45-47-49-52-55-58-61-64-70(73)76-67-68(66-75-69(72)63-60-57-54-51-48-21-18-15-12-9-6-3)77-71(74)65-62-59-56-53-50-46-23-20-17-14-11-8-5-2/h7,10,16,19-20,23-25,27-28,30-31,33-34,36-37,39-40,42-43,68H,4-6,8-9,11-15,17-18,21-22,26,29,32,35,38,41,44-67H2,1-3H3/b10-7-,19-16-,23-20-,25-24-,28-27-,31-30-,34-33-,37-36-,40-39-,43-42-. The maximum atomic E-state index is 12.8. The molecule has 1 unspecified atom stereocenters. The van der Waals surface area contributed by atoms with Crippen LogP contribution in [0.5, 0.6) is 0 Å². The van der Waals surface area contributed by atoms with Gasteiger partial charge in [0.15, 0.2) is 6.10 Å². The summed E-state index contributed by atoms with van der Waals surface area (Å²) in [6, 6.07) is 0. The number of carbonyl (C=O) groups excluding carboxylic acids is 3. The summed E-state index contributed by atoms with van der Waals surface area (Å²) in [5.41, 5.74) is 0. The van der Waals surface area contributed by atoms with Gasteiger partial charge in [-0.3, -0.25) is 14.4 Å². The fourth-order valence-corrected chi connectivity index (χ4v) is 8.67. The van der Waals surface area contributed by atoms with Crippen LogP contribution < -0.4 is 0 Å². The van der Waals surface area contributed by atoms with Crippen molar-refractivity contribution in [3.05, 3.63) is 122 Å². The largest absolute Gasteiger partial charge is 0.462 e. The van der Waals surface area contributed by atoms with Crippen LogP contribution in [0.3, 0.4) is 0 Å². The molecule has 6 nitrogen and oxygen atoms in total. The Morgan fingerprint density at radius 1 is 0.273 bits per heavy atom. The van der Waals surface area contributed by atoms with E-state index in [0.29, 0.717) is 19.3 Å². The van der Waals surface area contributed by atoms with Crippen LogP contribution >= 0.6 is 0 Å². The van der Waals surface area contributed by atoms with E-state index in [1.165, 1.54) is 116 Å². The van der Waals surface area contributed by atoms with Gasteiger partial charge in [0, 0.05) is 19.3 Å². The lowest BCUT2D eigenvalue weighted by Crippen LogP contribution is -2.30. The fourth-order valence-electron chi connectivity index (χ4n) is 8.67. The Morgan fingerprint density at radius 3 is 0.818 bits per heavy atom. The first-order valence-electron chi connectivity index (χ1n) is 32.0. The molecule has 0 bridgehead atoms. The third kappa shape index (κ3) is 62.5. The van der Waals surface area contributed by atoms with E-state index in [-0.39, 0.29) is 31.1 Å². The van der Waals surface area contributed by atoms with Crippen molar-refractivity contribution in [3.63, 3.8) is 0 Å². The van der Waals surface area contributed by atoms with Gasteiger partial charge in [0.05, 0.1) is 0 Å². The summed E-state index contributed by atoms with van der Waals surface area (Å²) in [5, 5.41) is 0. The van der Waals surface area contributed by atoms with E-state index in [1.54, 1.807) is 0 Å². The van der Waals surface area contributed by atoms with Gasteiger partial charge in [-0.2, -0.15) is 0 Å². The predicted octanol–water partition coefficient (Wildman–Crippen LogP) is 22.0. The van der Waals surface area contributed by atoms with E-state index in [2.05, 4.69) is 142 Å². The summed E-state index contributed by atoms with van der Waals surface area (Å²) in [4.78, 5) is 38.1. The molecule has 6 heteroatoms. The molecular weight excluding hydrogens is 949 g/mol. The summed E-state index contributed by atoms with van der Waals surface area (Å²) in [5.74, 6) is -0.901. The average Bonchev–Trinajstić information content (AvgIpc) is 3.43. The minimum absolute atomic E-state index is 0.0834. The van der Waals surface area contributed by atoms with Gasteiger partial charge in [-0.1, -0.05) is 277 Å². The van der Waals surface area contributed by atoms with E-state index in [0.717, 1.165) is 135 Å². The Hall–Kier alpha value is -4.19. The number of esters is 3. The highest BCUT2D eigenvalue weighted by atomic mass is 16.6. The van der Waals surface area contributed by atoms with E-state index in [4.69, 9.17) is 14.2 Å². The minimum Gasteiger partial charge on any atom is -0.462 e. The van der Waals surface area contributed by atoms with Crippen molar-refractivity contribution in [2.75, 3.05) is 13.2 Å². The molecule has 0 fully saturated rings. The van der Waals surface area contributed by atoms with Gasteiger partial charge in [-0.15, -0.1) is 0 Å². The lowest BCUT2D eigenvalue weighted by atomic mass is 10.1. The highest BCUT2D eigenvalue weighted by Gasteiger charge is 2.19. The van der Waals surface area contributed by atoms with E-state index in [9.17, 15) is 14.4 Å². The van der Waals surface area contributed by atoms with Crippen LogP contribution in [0.2, 0.25) is 0 Å². The molecule has 0 aliphatic heterocycles. The van der Waals surface area contributed by atoms with Gasteiger partial charge in [0.2, 0.25) is 0 Å². The third-order valence-corrected chi connectivity index (χ3v) is 13.5. The lowest BCUT2D eigenvalue weighted by molar-refractivity contribution is -0.167. The molecule has 0 radical (unpaired) electrons. The van der Waals surface area contributed by atoms with Gasteiger partial charge in [0.25, 0.3) is 0 Å². The molecule has 0 N–H and O–H groups in total. The first-order chi connectivity index (χ1) is 38.0. The quantitative estimate of drug-likeness (QED) is 0.0261. The topological polar surface area (TPSA) is 78.9 Å². The number of hydrogen-bond acceptors (Lipinski definition) is 6. The molecular formula is C71H118O6. The lowest BCUT2D eigenvalue weighted by Gasteiger charge is -2.18. The van der Waals surface area contributed by atoms with Crippen molar-refractivity contribution in [1.29, 1.82) is 0 Å². The van der Waals surface area contributed by atoms with Crippen LogP contribution in [0.25, 0.3) is 0 Å². The van der Waals surface area contributed by atoms with Gasteiger partial charge in [-0.25, -0.2) is 0 Å². The second-order valence-electron chi connectivity index (χ2n) is 20.9. The highest BCUT2D eigenvalue weighted by molar-refractivity contribution is 5.71. The molecule has 1 atom stereocenters. The molecule has 77 heavy (non-hydrogen) atoms. The zero-order chi connectivity index (χ0) is 55.7. The van der Waals surface area contributed by atoms with Gasteiger partial charge >= 0.3 is 17.9 Å². The van der Waals surface area contributed by atoms with E-state index < -0.39 is 6.10 Å². The number of ether oxygens (including phenoxy) is 3. The normalized spacial score (nSPS) is 12.9. The molecule has 0 heterocycles. The molecule has 0 amide bonds. The number of unbranched alkanes of at least 4 members (excludes halogenated alkanes) is 26. The monoisotopic (exact) mass is 1070 g/mol. The molecule has 0 aliphatic rings. The molecule has 0 rings (SSSR count). The summed E-state index contributed by atoms with van der Waals surface area (Å²) in [6.45, 7) is 6.49. The second-order valence-corrected chi connectivity index (χ2v) is 20.9. The highest BCUT2D eigenvalue weighted by Crippen LogP contribution is 2.15. The van der Waals surface area contributed by atoms with Crippen molar-refractivity contribution >= 4 is 17.9 Å². The molecule has 0 spiro atoms. The summed E-state index contributed by atoms with van der Waals surface area (Å²) in [7, 11) is 0. The molecule has 0 saturated heterocycles. The number of allylic oxidation sites excluding steroid dienone is 20. The van der Waals surface area contributed by atoms with Crippen LogP contribution in [0, 0.1) is 0 Å². The SMILES string of the molecule is CC/C=C\C/C=C\C/C=C\C/C=C\C/C=C\C/C=C\C/C=C\C/C=C\C/C=C\CCCCCCCCCC(=O)OCC(COC(=O)CCCCCCCCCCCCC)OC(=O)CCCCCCC/C=C\CCCCCC. The Labute approximate surface area is 475 Å². The van der Waals surface area contributed by atoms with Crippen molar-refractivity contribution in [2.45, 2.75) is 297 Å². The van der Waals surface area contributed by atoms with Gasteiger partial charge in [-0.05, 0) is 116 Å². The summed E-state index contributed by atoms with van der Waals surface area (Å²) < 4.78 is 16.8. The Bertz CT molecular complexity index is 1600. The Balaban J connectivity index is 4.21. The van der Waals surface area contributed by atoms with Crippen LogP contribution in [0.15, 0.2) is 122 Å². The zero-order valence-electron chi connectivity index (χ0n) is 50.2. The third-order valence-electron chi connectivity index (χ3n) is 13.5. The molecule has 0 saturated carbocycles. The van der Waals surface area contributed by atoms with Crippen molar-refractivity contribution in [2.24, 2.45) is 0 Å². The van der Waals surface area contributed by atoms with Crippen molar-refractivity contribution < 1.29 is 28.6 Å². The zero-order valence-corrected chi connectivity index (χ0v) is 50.2. The molecule has 0 aromatic rings. The summed E-state index contributed by atoms with van der Waals surface area (Å²) >= 11 is 0. The molecule has 0 aromatic heterocycles. The predicted molar refractivity (Wildman–Crippen MR) is 334 cm³/mol. The van der Waals surface area contributed by atoms with Gasteiger partial charge in [0.1, 0.15) is 13.2 Å². The van der Waals surface area contributed by atoms with E-state index in [1.807, 2.05) is 0 Å². The van der Waals surface area contributed by atoms with Crippen molar-refractivity contribution in [3.8, 4) is 0 Å². The minimum atomic E-state index is -0.786. The van der Waals surface area contributed by atoms with Crippen LogP contribution in [-0.4, -0.2) is 37.2 Å². The van der Waals surface area contributed by atoms with E-state index >= 15 is 0 Å². The molecule has 438 valence electrons. The molecule has 0 aliphatic carbocycles. The molecule has 0 aromatic carbocycles. The van der Waals surface area contributed by atoms with Crippen molar-refractivity contribution in [1.82, 2.24) is 0 Å². The maximum Gasteiger partial charge on any atom is 0.306 e. The van der Waals surface area contributed by atoms with Crippen LogP contribution in [0.1, 0.15) is 290 Å².